The summed E-state index contributed by atoms with van der Waals surface area (Å²) in [7, 11) is 0. The van der Waals surface area contributed by atoms with Gasteiger partial charge in [-0.3, -0.25) is 4.98 Å². The van der Waals surface area contributed by atoms with E-state index in [4.69, 9.17) is 9.90 Å². The fourth-order valence-electron chi connectivity index (χ4n) is 2.55. The Bertz CT molecular complexity index is 1070. The van der Waals surface area contributed by atoms with Crippen LogP contribution in [0.2, 0.25) is 0 Å². The van der Waals surface area contributed by atoms with Gasteiger partial charge in [0.2, 0.25) is 0 Å². The molecule has 2 heterocycles. The summed E-state index contributed by atoms with van der Waals surface area (Å²) in [6, 6.07) is 11.0. The number of carboxylic acid groups (broad SMARTS) is 2. The predicted molar refractivity (Wildman–Crippen MR) is 90.9 cm³/mol. The van der Waals surface area contributed by atoms with Gasteiger partial charge in [-0.1, -0.05) is 24.3 Å². The van der Waals surface area contributed by atoms with Crippen LogP contribution in [0.3, 0.4) is 0 Å². The molecule has 0 radical (unpaired) electrons. The molecule has 160 valence electrons. The molecule has 0 aliphatic carbocycles. The monoisotopic (exact) mass is 434 g/mol. The first kappa shape index (κ1) is 22.7. The minimum atomic E-state index is -5.08. The number of alkyl halides is 6. The number of aromatic nitrogens is 2. The molecule has 2 N–H and O–H groups in total. The molecule has 0 spiro atoms. The zero-order chi connectivity index (χ0) is 22.7. The first-order valence-electron chi connectivity index (χ1n) is 7.95. The van der Waals surface area contributed by atoms with Crippen molar-refractivity contribution in [1.82, 2.24) is 9.55 Å². The lowest BCUT2D eigenvalue weighted by atomic mass is 10.2. The number of halogens is 6. The lowest BCUT2D eigenvalue weighted by Gasteiger charge is -2.14. The summed E-state index contributed by atoms with van der Waals surface area (Å²) >= 11 is 0. The van der Waals surface area contributed by atoms with Gasteiger partial charge in [-0.2, -0.15) is 26.3 Å². The van der Waals surface area contributed by atoms with Crippen molar-refractivity contribution < 1.29 is 46.1 Å². The maximum Gasteiger partial charge on any atom is 0.490 e. The number of carbonyl (C=O) groups is 2. The first-order valence-corrected chi connectivity index (χ1v) is 7.95. The van der Waals surface area contributed by atoms with E-state index in [-0.39, 0.29) is 17.8 Å². The molecule has 0 amide bonds. The molecule has 0 aliphatic rings. The third-order valence-corrected chi connectivity index (χ3v) is 3.76. The smallest absolute Gasteiger partial charge is 0.477 e. The molecule has 0 saturated carbocycles. The van der Waals surface area contributed by atoms with E-state index in [0.717, 1.165) is 6.20 Å². The Morgan fingerprint density at radius 2 is 1.57 bits per heavy atom. The Morgan fingerprint density at radius 3 is 2.10 bits per heavy atom. The molecule has 0 atom stereocenters. The summed E-state index contributed by atoms with van der Waals surface area (Å²) < 4.78 is 72.3. The van der Waals surface area contributed by atoms with Gasteiger partial charge in [0.05, 0.1) is 6.54 Å². The highest BCUT2D eigenvalue weighted by molar-refractivity contribution is 5.94. The minimum Gasteiger partial charge on any atom is -0.477 e. The number of fused-ring (bicyclic) bond motifs is 1. The first-order chi connectivity index (χ1) is 13.8. The van der Waals surface area contributed by atoms with Crippen molar-refractivity contribution >= 4 is 22.8 Å². The Hall–Kier alpha value is -3.57. The lowest BCUT2D eigenvalue weighted by Crippen LogP contribution is -2.21. The molecular weight excluding hydrogens is 422 g/mol. The second-order valence-corrected chi connectivity index (χ2v) is 5.79. The van der Waals surface area contributed by atoms with E-state index in [1.807, 2.05) is 0 Å². The van der Waals surface area contributed by atoms with Crippen LogP contribution in [-0.4, -0.2) is 37.9 Å². The average molecular weight is 434 g/mol. The van der Waals surface area contributed by atoms with E-state index in [9.17, 15) is 36.2 Å². The molecule has 0 saturated heterocycles. The quantitative estimate of drug-likeness (QED) is 0.595. The SMILES string of the molecule is O=C(O)C(F)(F)F.O=C(O)c1cc2ccccc2n1Cc1cccnc1C(F)(F)F. The van der Waals surface area contributed by atoms with Crippen molar-refractivity contribution in [2.45, 2.75) is 18.9 Å². The number of carboxylic acids is 2. The van der Waals surface area contributed by atoms with Gasteiger partial charge in [-0.15, -0.1) is 0 Å². The van der Waals surface area contributed by atoms with Gasteiger partial charge in [0.25, 0.3) is 0 Å². The molecule has 1 aromatic carbocycles. The molecule has 3 rings (SSSR count). The van der Waals surface area contributed by atoms with E-state index >= 15 is 0 Å². The molecule has 30 heavy (non-hydrogen) atoms. The third-order valence-electron chi connectivity index (χ3n) is 3.76. The Kier molecular flexibility index (Phi) is 6.38. The van der Waals surface area contributed by atoms with Gasteiger partial charge in [-0.25, -0.2) is 9.59 Å². The van der Waals surface area contributed by atoms with Gasteiger partial charge in [-0.05, 0) is 18.2 Å². The van der Waals surface area contributed by atoms with E-state index in [2.05, 4.69) is 4.98 Å². The summed E-state index contributed by atoms with van der Waals surface area (Å²) in [5.41, 5.74) is -0.594. The number of para-hydroxylation sites is 1. The van der Waals surface area contributed by atoms with Crippen molar-refractivity contribution in [3.8, 4) is 0 Å². The predicted octanol–water partition coefficient (Wildman–Crippen LogP) is 4.43. The van der Waals surface area contributed by atoms with Crippen LogP contribution in [-0.2, 0) is 17.5 Å². The van der Waals surface area contributed by atoms with Crippen LogP contribution in [0.15, 0.2) is 48.7 Å². The summed E-state index contributed by atoms with van der Waals surface area (Å²) in [4.78, 5) is 23.7. The van der Waals surface area contributed by atoms with Gasteiger partial charge in [0.1, 0.15) is 11.4 Å². The van der Waals surface area contributed by atoms with Gasteiger partial charge in [0, 0.05) is 22.7 Å². The van der Waals surface area contributed by atoms with Crippen LogP contribution in [0.4, 0.5) is 26.3 Å². The normalized spacial score (nSPS) is 11.7. The fourth-order valence-corrected chi connectivity index (χ4v) is 2.55. The Labute approximate surface area is 164 Å². The number of pyridine rings is 1. The molecule has 0 unspecified atom stereocenters. The van der Waals surface area contributed by atoms with Crippen molar-refractivity contribution in [1.29, 1.82) is 0 Å². The molecule has 3 aromatic rings. The summed E-state index contributed by atoms with van der Waals surface area (Å²) in [5, 5.41) is 17.1. The number of aromatic carboxylic acids is 1. The van der Waals surface area contributed by atoms with Crippen molar-refractivity contribution in [3.05, 3.63) is 65.6 Å². The summed E-state index contributed by atoms with van der Waals surface area (Å²) in [6.07, 6.45) is -8.61. The number of nitrogens with zero attached hydrogens (tertiary/aromatic N) is 2. The molecule has 6 nitrogen and oxygen atoms in total. The zero-order valence-electron chi connectivity index (χ0n) is 14.7. The molecule has 2 aromatic heterocycles. The highest BCUT2D eigenvalue weighted by Crippen LogP contribution is 2.31. The van der Waals surface area contributed by atoms with E-state index in [1.54, 1.807) is 24.3 Å². The van der Waals surface area contributed by atoms with Gasteiger partial charge < -0.3 is 14.8 Å². The number of rotatable bonds is 3. The minimum absolute atomic E-state index is 0.0665. The topological polar surface area (TPSA) is 92.4 Å². The number of aliphatic carboxylic acids is 1. The van der Waals surface area contributed by atoms with Gasteiger partial charge in [0.15, 0.2) is 0 Å². The van der Waals surface area contributed by atoms with Crippen LogP contribution in [0, 0.1) is 0 Å². The van der Waals surface area contributed by atoms with Crippen molar-refractivity contribution in [2.75, 3.05) is 0 Å². The number of benzene rings is 1. The highest BCUT2D eigenvalue weighted by Gasteiger charge is 2.38. The Balaban J connectivity index is 0.000000396. The van der Waals surface area contributed by atoms with Gasteiger partial charge >= 0.3 is 24.3 Å². The van der Waals surface area contributed by atoms with Crippen LogP contribution >= 0.6 is 0 Å². The van der Waals surface area contributed by atoms with E-state index < -0.39 is 30.0 Å². The lowest BCUT2D eigenvalue weighted by molar-refractivity contribution is -0.192. The zero-order valence-corrected chi connectivity index (χ0v) is 14.7. The standard InChI is InChI=1S/C16H11F3N2O2.C2HF3O2/c17-16(18,19)14-11(5-3-7-20-14)9-21-12-6-2-1-4-10(12)8-13(21)15(22)23;3-2(4,5)1(6)7/h1-8H,9H2,(H,22,23);(H,6,7). The maximum absolute atomic E-state index is 13.1. The second kappa shape index (κ2) is 8.43. The molecule has 0 aliphatic heterocycles. The summed E-state index contributed by atoms with van der Waals surface area (Å²) in [5.74, 6) is -3.95. The third kappa shape index (κ3) is 5.27. The largest absolute Gasteiger partial charge is 0.490 e. The Morgan fingerprint density at radius 1 is 0.967 bits per heavy atom. The maximum atomic E-state index is 13.1. The van der Waals surface area contributed by atoms with Crippen LogP contribution < -0.4 is 0 Å². The second-order valence-electron chi connectivity index (χ2n) is 5.79. The van der Waals surface area contributed by atoms with Crippen LogP contribution in [0.1, 0.15) is 21.7 Å². The van der Waals surface area contributed by atoms with Crippen molar-refractivity contribution in [3.63, 3.8) is 0 Å². The molecular formula is C18H12F6N2O4. The number of hydrogen-bond donors (Lipinski definition) is 2. The molecule has 0 bridgehead atoms. The highest BCUT2D eigenvalue weighted by atomic mass is 19.4. The molecule has 12 heteroatoms. The number of hydrogen-bond acceptors (Lipinski definition) is 3. The molecule has 0 fully saturated rings. The van der Waals surface area contributed by atoms with Crippen LogP contribution in [0.25, 0.3) is 10.9 Å². The fraction of sp³-hybridized carbons (Fsp3) is 0.167. The average Bonchev–Trinajstić information content (AvgIpc) is 3.00. The van der Waals surface area contributed by atoms with E-state index in [1.165, 1.54) is 22.8 Å². The van der Waals surface area contributed by atoms with Crippen LogP contribution in [0.5, 0.6) is 0 Å². The summed E-state index contributed by atoms with van der Waals surface area (Å²) in [6.45, 7) is -0.224. The van der Waals surface area contributed by atoms with E-state index in [0.29, 0.717) is 10.9 Å². The van der Waals surface area contributed by atoms with Crippen molar-refractivity contribution in [2.24, 2.45) is 0 Å².